The number of sulfonamides is 1. The van der Waals surface area contributed by atoms with E-state index in [1.807, 2.05) is 0 Å². The van der Waals surface area contributed by atoms with E-state index >= 15 is 0 Å². The first kappa shape index (κ1) is 21.3. The second-order valence-electron chi connectivity index (χ2n) is 6.49. The van der Waals surface area contributed by atoms with Crippen molar-refractivity contribution >= 4 is 33.2 Å². The van der Waals surface area contributed by atoms with Gasteiger partial charge in [-0.15, -0.1) is 0 Å². The van der Waals surface area contributed by atoms with Crippen LogP contribution in [0, 0.1) is 13.8 Å². The summed E-state index contributed by atoms with van der Waals surface area (Å²) in [5.74, 6) is -0.650. The number of carbonyl (C=O) groups excluding carboxylic acids is 2. The minimum Gasteiger partial charge on any atom is -0.459 e. The number of aromatic nitrogens is 1. The van der Waals surface area contributed by atoms with Gasteiger partial charge in [0.25, 0.3) is 5.91 Å². The minimum atomic E-state index is -3.98. The first-order chi connectivity index (χ1) is 14.2. The van der Waals surface area contributed by atoms with Crippen LogP contribution in [-0.2, 0) is 14.8 Å². The van der Waals surface area contributed by atoms with Gasteiger partial charge >= 0.3 is 0 Å². The Hall–Kier alpha value is -3.44. The Labute approximate surface area is 172 Å². The van der Waals surface area contributed by atoms with E-state index in [0.29, 0.717) is 11.4 Å². The molecule has 0 saturated heterocycles. The fraction of sp³-hybridized carbons (Fsp3) is 0.211. The maximum atomic E-state index is 12.5. The lowest BCUT2D eigenvalue weighted by Crippen LogP contribution is -2.41. The predicted octanol–water partition coefficient (Wildman–Crippen LogP) is 2.44. The van der Waals surface area contributed by atoms with Gasteiger partial charge in [0.1, 0.15) is 10.6 Å². The van der Waals surface area contributed by atoms with Crippen LogP contribution in [0.15, 0.2) is 56.5 Å². The molecule has 3 N–H and O–H groups in total. The number of hydrogen-bond donors (Lipinski definition) is 3. The summed E-state index contributed by atoms with van der Waals surface area (Å²) in [7, 11) is -3.98. The summed E-state index contributed by atoms with van der Waals surface area (Å²) in [6.07, 6.45) is 1.40. The van der Waals surface area contributed by atoms with Crippen LogP contribution in [0.3, 0.4) is 0 Å². The van der Waals surface area contributed by atoms with Gasteiger partial charge in [-0.05, 0) is 57.2 Å². The van der Waals surface area contributed by atoms with Crippen molar-refractivity contribution < 1.29 is 26.9 Å². The SMILES string of the molecule is Cc1noc(C)c1S(=O)(=O)N[C@@H](C)C(=O)Nc1ccc(NC(=O)c2ccco2)cc1. The molecule has 1 aromatic carbocycles. The fourth-order valence-corrected chi connectivity index (χ4v) is 4.22. The summed E-state index contributed by atoms with van der Waals surface area (Å²) < 4.78 is 37.2. The van der Waals surface area contributed by atoms with Gasteiger partial charge in [0, 0.05) is 11.4 Å². The summed E-state index contributed by atoms with van der Waals surface area (Å²) >= 11 is 0. The quantitative estimate of drug-likeness (QED) is 0.520. The van der Waals surface area contributed by atoms with E-state index in [9.17, 15) is 18.0 Å². The first-order valence-electron chi connectivity index (χ1n) is 8.88. The normalized spacial score (nSPS) is 12.4. The van der Waals surface area contributed by atoms with Gasteiger partial charge < -0.3 is 19.6 Å². The summed E-state index contributed by atoms with van der Waals surface area (Å²) in [6, 6.07) is 8.42. The summed E-state index contributed by atoms with van der Waals surface area (Å²) in [5, 5.41) is 8.88. The molecule has 3 rings (SSSR count). The Morgan fingerprint density at radius 3 is 2.20 bits per heavy atom. The van der Waals surface area contributed by atoms with Crippen molar-refractivity contribution in [1.82, 2.24) is 9.88 Å². The zero-order chi connectivity index (χ0) is 21.9. The van der Waals surface area contributed by atoms with E-state index in [4.69, 9.17) is 8.94 Å². The Balaban J connectivity index is 1.60. The summed E-state index contributed by atoms with van der Waals surface area (Å²) in [6.45, 7) is 4.40. The highest BCUT2D eigenvalue weighted by atomic mass is 32.2. The molecule has 10 nitrogen and oxygen atoms in total. The number of nitrogens with zero attached hydrogens (tertiary/aromatic N) is 1. The summed E-state index contributed by atoms with van der Waals surface area (Å²) in [5.41, 5.74) is 1.14. The number of furan rings is 1. The number of hydrogen-bond acceptors (Lipinski definition) is 7. The monoisotopic (exact) mass is 432 g/mol. The van der Waals surface area contributed by atoms with Crippen LogP contribution in [0.5, 0.6) is 0 Å². The number of benzene rings is 1. The van der Waals surface area contributed by atoms with Crippen LogP contribution < -0.4 is 15.4 Å². The van der Waals surface area contributed by atoms with Crippen molar-refractivity contribution in [3.05, 3.63) is 59.9 Å². The molecule has 0 aliphatic rings. The molecule has 0 fully saturated rings. The molecule has 1 atom stereocenters. The lowest BCUT2D eigenvalue weighted by molar-refractivity contribution is -0.117. The second-order valence-corrected chi connectivity index (χ2v) is 8.15. The highest BCUT2D eigenvalue weighted by Gasteiger charge is 2.28. The maximum Gasteiger partial charge on any atom is 0.291 e. The molecular weight excluding hydrogens is 412 g/mol. The van der Waals surface area contributed by atoms with Gasteiger partial charge in [-0.1, -0.05) is 5.16 Å². The van der Waals surface area contributed by atoms with Crippen molar-refractivity contribution in [3.8, 4) is 0 Å². The number of carbonyl (C=O) groups is 2. The highest BCUT2D eigenvalue weighted by molar-refractivity contribution is 7.89. The number of nitrogens with one attached hydrogen (secondary N) is 3. The molecular formula is C19H20N4O6S. The highest BCUT2D eigenvalue weighted by Crippen LogP contribution is 2.19. The Morgan fingerprint density at radius 1 is 1.03 bits per heavy atom. The summed E-state index contributed by atoms with van der Waals surface area (Å²) in [4.78, 5) is 24.3. The van der Waals surface area contributed by atoms with Crippen LogP contribution in [-0.4, -0.2) is 31.4 Å². The molecule has 0 radical (unpaired) electrons. The molecule has 30 heavy (non-hydrogen) atoms. The smallest absolute Gasteiger partial charge is 0.291 e. The number of aryl methyl sites for hydroxylation is 2. The van der Waals surface area contributed by atoms with E-state index < -0.39 is 27.9 Å². The Kier molecular flexibility index (Phi) is 6.04. The maximum absolute atomic E-state index is 12.5. The zero-order valence-corrected chi connectivity index (χ0v) is 17.2. The van der Waals surface area contributed by atoms with Gasteiger partial charge in [-0.3, -0.25) is 9.59 Å². The average molecular weight is 432 g/mol. The standard InChI is InChI=1S/C19H20N4O6S/c1-11-17(13(3)29-22-11)30(26,27)23-12(2)18(24)20-14-6-8-15(9-7-14)21-19(25)16-5-4-10-28-16/h4-10,12,23H,1-3H3,(H,20,24)(H,21,25)/t12-/m0/s1. The lowest BCUT2D eigenvalue weighted by Gasteiger charge is -2.14. The van der Waals surface area contributed by atoms with Crippen molar-refractivity contribution in [2.24, 2.45) is 0 Å². The number of amides is 2. The molecule has 0 bridgehead atoms. The van der Waals surface area contributed by atoms with Crippen LogP contribution in [0.2, 0.25) is 0 Å². The van der Waals surface area contributed by atoms with Crippen LogP contribution in [0.25, 0.3) is 0 Å². The van der Waals surface area contributed by atoms with Gasteiger partial charge in [-0.25, -0.2) is 8.42 Å². The average Bonchev–Trinajstić information content (AvgIpc) is 3.33. The van der Waals surface area contributed by atoms with Crippen molar-refractivity contribution in [3.63, 3.8) is 0 Å². The molecule has 2 aromatic heterocycles. The molecule has 158 valence electrons. The predicted molar refractivity (Wildman–Crippen MR) is 107 cm³/mol. The molecule has 0 spiro atoms. The third kappa shape index (κ3) is 4.75. The zero-order valence-electron chi connectivity index (χ0n) is 16.4. The molecule has 3 aromatic rings. The topological polar surface area (TPSA) is 144 Å². The first-order valence-corrected chi connectivity index (χ1v) is 10.4. The molecule has 0 aliphatic carbocycles. The largest absolute Gasteiger partial charge is 0.459 e. The molecule has 0 saturated carbocycles. The Morgan fingerprint density at radius 2 is 1.67 bits per heavy atom. The van der Waals surface area contributed by atoms with Crippen LogP contribution in [0.1, 0.15) is 28.9 Å². The van der Waals surface area contributed by atoms with Crippen molar-refractivity contribution in [2.45, 2.75) is 31.7 Å². The molecule has 2 heterocycles. The van der Waals surface area contributed by atoms with E-state index in [-0.39, 0.29) is 22.1 Å². The van der Waals surface area contributed by atoms with E-state index in [1.54, 1.807) is 30.3 Å². The van der Waals surface area contributed by atoms with Gasteiger partial charge in [-0.2, -0.15) is 4.72 Å². The van der Waals surface area contributed by atoms with Gasteiger partial charge in [0.15, 0.2) is 11.5 Å². The molecule has 0 unspecified atom stereocenters. The van der Waals surface area contributed by atoms with E-state index in [0.717, 1.165) is 0 Å². The fourth-order valence-electron chi connectivity index (χ4n) is 2.69. The minimum absolute atomic E-state index is 0.0844. The Bertz CT molecular complexity index is 1130. The molecule has 0 aliphatic heterocycles. The van der Waals surface area contributed by atoms with Gasteiger partial charge in [0.2, 0.25) is 15.9 Å². The third-order valence-electron chi connectivity index (χ3n) is 4.12. The number of rotatable bonds is 7. The van der Waals surface area contributed by atoms with E-state index in [1.165, 1.54) is 33.1 Å². The number of anilines is 2. The van der Waals surface area contributed by atoms with Crippen molar-refractivity contribution in [1.29, 1.82) is 0 Å². The second kappa shape index (κ2) is 8.51. The van der Waals surface area contributed by atoms with Gasteiger partial charge in [0.05, 0.1) is 12.3 Å². The van der Waals surface area contributed by atoms with Crippen LogP contribution in [0.4, 0.5) is 11.4 Å². The molecule has 11 heteroatoms. The van der Waals surface area contributed by atoms with E-state index in [2.05, 4.69) is 20.5 Å². The van der Waals surface area contributed by atoms with Crippen molar-refractivity contribution in [2.75, 3.05) is 10.6 Å². The third-order valence-corrected chi connectivity index (χ3v) is 5.90. The molecule has 2 amide bonds. The lowest BCUT2D eigenvalue weighted by atomic mass is 10.2. The van der Waals surface area contributed by atoms with Crippen LogP contribution >= 0.6 is 0 Å².